The third-order valence-electron chi connectivity index (χ3n) is 5.99. The molecule has 1 heterocycles. The number of carbonyl (C=O) groups is 2. The Balaban J connectivity index is 1.33. The molecule has 3 aromatic rings. The van der Waals surface area contributed by atoms with Gasteiger partial charge in [0.05, 0.1) is 23.7 Å². The number of nitrogens with one attached hydrogen (secondary N) is 3. The van der Waals surface area contributed by atoms with Crippen molar-refractivity contribution in [3.8, 4) is 17.2 Å². The second-order valence-electron chi connectivity index (χ2n) is 8.35. The fourth-order valence-corrected chi connectivity index (χ4v) is 4.00. The lowest BCUT2D eigenvalue weighted by atomic mass is 10.00. The minimum atomic E-state index is -0.256. The van der Waals surface area contributed by atoms with Crippen LogP contribution in [0.1, 0.15) is 42.6 Å². The summed E-state index contributed by atoms with van der Waals surface area (Å²) >= 11 is 0. The van der Waals surface area contributed by atoms with E-state index in [-0.39, 0.29) is 24.1 Å². The number of anilines is 1. The van der Waals surface area contributed by atoms with Crippen molar-refractivity contribution in [2.75, 3.05) is 18.0 Å². The molecule has 1 aliphatic rings. The molecule has 4 rings (SSSR count). The molecule has 172 valence electrons. The SMILES string of the molecule is CC(NC(=O)NC(C)c1ccc(N2CCNC2=O)cc1)c1ccc(-c2cccc(C#N)c2)cc1. The third-order valence-corrected chi connectivity index (χ3v) is 5.99. The lowest BCUT2D eigenvalue weighted by molar-refractivity contribution is 0.235. The van der Waals surface area contributed by atoms with Crippen LogP contribution in [-0.4, -0.2) is 25.2 Å². The van der Waals surface area contributed by atoms with E-state index in [9.17, 15) is 9.59 Å². The summed E-state index contributed by atoms with van der Waals surface area (Å²) in [4.78, 5) is 26.1. The van der Waals surface area contributed by atoms with Gasteiger partial charge in [0.2, 0.25) is 0 Å². The Morgan fingerprint density at radius 1 is 0.941 bits per heavy atom. The Hall–Kier alpha value is -4.31. The third kappa shape index (κ3) is 5.18. The average Bonchev–Trinajstić information content (AvgIpc) is 3.30. The van der Waals surface area contributed by atoms with Gasteiger partial charge in [0.15, 0.2) is 0 Å². The van der Waals surface area contributed by atoms with Crippen LogP contribution in [0.5, 0.6) is 0 Å². The van der Waals surface area contributed by atoms with Crippen molar-refractivity contribution in [1.29, 1.82) is 5.26 Å². The first-order valence-corrected chi connectivity index (χ1v) is 11.3. The molecule has 0 bridgehead atoms. The quantitative estimate of drug-likeness (QED) is 0.496. The van der Waals surface area contributed by atoms with E-state index in [0.717, 1.165) is 27.9 Å². The number of hydrogen-bond acceptors (Lipinski definition) is 3. The Kier molecular flexibility index (Phi) is 6.79. The normalized spacial score (nSPS) is 14.6. The minimum absolute atomic E-state index is 0.0870. The molecule has 1 saturated heterocycles. The van der Waals surface area contributed by atoms with Gasteiger partial charge in [-0.3, -0.25) is 4.90 Å². The van der Waals surface area contributed by atoms with Crippen LogP contribution < -0.4 is 20.9 Å². The number of amides is 4. The minimum Gasteiger partial charge on any atom is -0.336 e. The first kappa shape index (κ1) is 22.9. The van der Waals surface area contributed by atoms with Crippen LogP contribution in [0.4, 0.5) is 15.3 Å². The molecule has 34 heavy (non-hydrogen) atoms. The van der Waals surface area contributed by atoms with E-state index in [1.165, 1.54) is 0 Å². The molecule has 1 fully saturated rings. The molecule has 0 radical (unpaired) electrons. The fraction of sp³-hybridized carbons (Fsp3) is 0.222. The number of rotatable bonds is 6. The van der Waals surface area contributed by atoms with Gasteiger partial charge in [-0.2, -0.15) is 5.26 Å². The number of carbonyl (C=O) groups excluding carboxylic acids is 2. The number of nitriles is 1. The molecule has 0 aromatic heterocycles. The summed E-state index contributed by atoms with van der Waals surface area (Å²) in [7, 11) is 0. The summed E-state index contributed by atoms with van der Waals surface area (Å²) in [5.74, 6) is 0. The van der Waals surface area contributed by atoms with Crippen molar-refractivity contribution in [3.05, 3.63) is 89.5 Å². The van der Waals surface area contributed by atoms with Crippen LogP contribution in [0, 0.1) is 11.3 Å². The van der Waals surface area contributed by atoms with E-state index < -0.39 is 0 Å². The molecular formula is C27H27N5O2. The summed E-state index contributed by atoms with van der Waals surface area (Å²) in [5.41, 5.74) is 5.40. The first-order chi connectivity index (χ1) is 16.4. The maximum absolute atomic E-state index is 12.6. The number of benzene rings is 3. The number of nitrogens with zero attached hydrogens (tertiary/aromatic N) is 2. The molecule has 4 amide bonds. The van der Waals surface area contributed by atoms with E-state index in [1.54, 1.807) is 11.0 Å². The molecule has 0 spiro atoms. The molecule has 7 heteroatoms. The fourth-order valence-electron chi connectivity index (χ4n) is 4.00. The molecule has 0 aliphatic carbocycles. The van der Waals surface area contributed by atoms with Gasteiger partial charge in [-0.15, -0.1) is 0 Å². The molecule has 2 atom stereocenters. The summed E-state index contributed by atoms with van der Waals surface area (Å²) in [6.07, 6.45) is 0. The second kappa shape index (κ2) is 10.1. The Morgan fingerprint density at radius 2 is 1.56 bits per heavy atom. The first-order valence-electron chi connectivity index (χ1n) is 11.3. The van der Waals surface area contributed by atoms with Gasteiger partial charge < -0.3 is 16.0 Å². The van der Waals surface area contributed by atoms with Gasteiger partial charge >= 0.3 is 12.1 Å². The molecule has 3 N–H and O–H groups in total. The van der Waals surface area contributed by atoms with Crippen LogP contribution in [-0.2, 0) is 0 Å². The topological polar surface area (TPSA) is 97.3 Å². The Labute approximate surface area is 199 Å². The maximum atomic E-state index is 12.6. The highest BCUT2D eigenvalue weighted by atomic mass is 16.2. The van der Waals surface area contributed by atoms with Crippen LogP contribution in [0.2, 0.25) is 0 Å². The van der Waals surface area contributed by atoms with Gasteiger partial charge in [0, 0.05) is 18.8 Å². The Morgan fingerprint density at radius 3 is 2.12 bits per heavy atom. The number of hydrogen-bond donors (Lipinski definition) is 3. The molecule has 3 aromatic carbocycles. The predicted molar refractivity (Wildman–Crippen MR) is 132 cm³/mol. The van der Waals surface area contributed by atoms with E-state index in [4.69, 9.17) is 5.26 Å². The van der Waals surface area contributed by atoms with E-state index in [1.807, 2.05) is 80.6 Å². The van der Waals surface area contributed by atoms with Crippen molar-refractivity contribution in [3.63, 3.8) is 0 Å². The highest BCUT2D eigenvalue weighted by molar-refractivity contribution is 5.94. The van der Waals surface area contributed by atoms with Crippen molar-refractivity contribution < 1.29 is 9.59 Å². The highest BCUT2D eigenvalue weighted by Gasteiger charge is 2.21. The average molecular weight is 454 g/mol. The lowest BCUT2D eigenvalue weighted by Crippen LogP contribution is -2.38. The monoisotopic (exact) mass is 453 g/mol. The molecule has 2 unspecified atom stereocenters. The van der Waals surface area contributed by atoms with E-state index in [0.29, 0.717) is 18.7 Å². The van der Waals surface area contributed by atoms with Crippen molar-refractivity contribution in [2.24, 2.45) is 0 Å². The standard InChI is InChI=1S/C27H27N5O2/c1-18(21-6-8-23(9-7-21)24-5-3-4-20(16-24)17-28)30-26(33)31-19(2)22-10-12-25(13-11-22)32-15-14-29-27(32)34/h3-13,16,18-19H,14-15H2,1-2H3,(H,29,34)(H2,30,31,33). The molecular weight excluding hydrogens is 426 g/mol. The summed E-state index contributed by atoms with van der Waals surface area (Å²) < 4.78 is 0. The smallest absolute Gasteiger partial charge is 0.321 e. The van der Waals surface area contributed by atoms with Gasteiger partial charge in [0.1, 0.15) is 0 Å². The maximum Gasteiger partial charge on any atom is 0.321 e. The summed E-state index contributed by atoms with van der Waals surface area (Å²) in [6.45, 7) is 5.16. The van der Waals surface area contributed by atoms with Crippen LogP contribution in [0.15, 0.2) is 72.8 Å². The predicted octanol–water partition coefficient (Wildman–Crippen LogP) is 4.88. The van der Waals surface area contributed by atoms with Crippen molar-refractivity contribution in [1.82, 2.24) is 16.0 Å². The van der Waals surface area contributed by atoms with Gasteiger partial charge in [-0.25, -0.2) is 9.59 Å². The zero-order valence-electron chi connectivity index (χ0n) is 19.2. The molecule has 1 aliphatic heterocycles. The highest BCUT2D eigenvalue weighted by Crippen LogP contribution is 2.24. The van der Waals surface area contributed by atoms with Crippen LogP contribution >= 0.6 is 0 Å². The number of urea groups is 2. The summed E-state index contributed by atoms with van der Waals surface area (Å²) in [6, 6.07) is 24.5. The van der Waals surface area contributed by atoms with Crippen LogP contribution in [0.25, 0.3) is 11.1 Å². The van der Waals surface area contributed by atoms with E-state index >= 15 is 0 Å². The largest absolute Gasteiger partial charge is 0.336 e. The van der Waals surface area contributed by atoms with Gasteiger partial charge in [-0.1, -0.05) is 48.5 Å². The molecule has 0 saturated carbocycles. The second-order valence-corrected chi connectivity index (χ2v) is 8.35. The molecule has 7 nitrogen and oxygen atoms in total. The van der Waals surface area contributed by atoms with Crippen molar-refractivity contribution in [2.45, 2.75) is 25.9 Å². The van der Waals surface area contributed by atoms with Gasteiger partial charge in [-0.05, 0) is 60.4 Å². The van der Waals surface area contributed by atoms with Crippen LogP contribution in [0.3, 0.4) is 0 Å². The summed E-state index contributed by atoms with van der Waals surface area (Å²) in [5, 5.41) is 17.8. The van der Waals surface area contributed by atoms with Crippen molar-refractivity contribution >= 4 is 17.7 Å². The van der Waals surface area contributed by atoms with E-state index in [2.05, 4.69) is 22.0 Å². The van der Waals surface area contributed by atoms with Gasteiger partial charge in [0.25, 0.3) is 0 Å². The zero-order chi connectivity index (χ0) is 24.1. The lowest BCUT2D eigenvalue weighted by Gasteiger charge is -2.20. The Bertz CT molecular complexity index is 1220. The zero-order valence-corrected chi connectivity index (χ0v) is 19.2.